The monoisotopic (exact) mass is 317 g/mol. The second kappa shape index (κ2) is 7.88. The normalized spacial score (nSPS) is 17.0. The number of aliphatic hydroxyl groups excluding tert-OH is 1. The Morgan fingerprint density at radius 3 is 2.55 bits per heavy atom. The molecule has 0 bridgehead atoms. The van der Waals surface area contributed by atoms with E-state index in [1.807, 2.05) is 0 Å². The highest BCUT2D eigenvalue weighted by molar-refractivity contribution is 7.08. The lowest BCUT2D eigenvalue weighted by Gasteiger charge is -2.19. The number of β-amino-alcohol motifs (C(OH)–C–C–N with tert-alkyl or cyclic N) is 1. The Hall–Kier alpha value is -1.20. The van der Waals surface area contributed by atoms with Crippen LogP contribution < -0.4 is 0 Å². The van der Waals surface area contributed by atoms with Crippen molar-refractivity contribution in [3.63, 3.8) is 0 Å². The van der Waals surface area contributed by atoms with Crippen LogP contribution in [0.25, 0.3) is 11.1 Å². The molecule has 0 radical (unpaired) electrons. The Balaban J connectivity index is 1.41. The number of rotatable bonds is 7. The second-order valence-electron chi connectivity index (χ2n) is 5.89. The Bertz CT molecular complexity index is 547. The van der Waals surface area contributed by atoms with Crippen molar-refractivity contribution in [1.29, 1.82) is 0 Å². The molecule has 0 saturated carbocycles. The van der Waals surface area contributed by atoms with E-state index in [1.165, 1.54) is 24.0 Å². The van der Waals surface area contributed by atoms with Crippen molar-refractivity contribution in [2.24, 2.45) is 0 Å². The molecule has 2 heterocycles. The molecule has 22 heavy (non-hydrogen) atoms. The van der Waals surface area contributed by atoms with Gasteiger partial charge < -0.3 is 14.7 Å². The summed E-state index contributed by atoms with van der Waals surface area (Å²) in [6.45, 7) is 3.92. The molecule has 0 aliphatic carbocycles. The van der Waals surface area contributed by atoms with Gasteiger partial charge in [0, 0.05) is 6.54 Å². The van der Waals surface area contributed by atoms with Crippen LogP contribution in [0.3, 0.4) is 0 Å². The van der Waals surface area contributed by atoms with Crippen molar-refractivity contribution in [2.75, 3.05) is 26.2 Å². The van der Waals surface area contributed by atoms with E-state index in [-0.39, 0.29) is 6.10 Å². The van der Waals surface area contributed by atoms with Crippen LogP contribution in [0.4, 0.5) is 0 Å². The Labute approximate surface area is 136 Å². The van der Waals surface area contributed by atoms with Crippen molar-refractivity contribution < 1.29 is 9.84 Å². The number of aliphatic hydroxyl groups is 1. The van der Waals surface area contributed by atoms with E-state index in [9.17, 15) is 5.11 Å². The molecule has 1 aliphatic rings. The van der Waals surface area contributed by atoms with Crippen molar-refractivity contribution in [3.8, 4) is 11.1 Å². The molecule has 0 amide bonds. The maximum atomic E-state index is 9.99. The zero-order valence-corrected chi connectivity index (χ0v) is 13.6. The average Bonchev–Trinajstić information content (AvgIpc) is 3.21. The third-order valence-electron chi connectivity index (χ3n) is 4.06. The fraction of sp³-hybridized carbons (Fsp3) is 0.444. The zero-order valence-electron chi connectivity index (χ0n) is 12.8. The molecule has 1 saturated heterocycles. The number of likely N-dealkylation sites (tertiary alicyclic amines) is 1. The predicted octanol–water partition coefficient (Wildman–Crippen LogP) is 3.39. The highest BCUT2D eigenvalue weighted by atomic mass is 32.1. The maximum absolute atomic E-state index is 9.99. The minimum absolute atomic E-state index is 0.386. The molecule has 1 aromatic carbocycles. The smallest absolute Gasteiger partial charge is 0.0900 e. The van der Waals surface area contributed by atoms with Gasteiger partial charge in [-0.3, -0.25) is 0 Å². The van der Waals surface area contributed by atoms with Crippen LogP contribution in [0.1, 0.15) is 18.4 Å². The van der Waals surface area contributed by atoms with Crippen LogP contribution in [0.15, 0.2) is 41.1 Å². The van der Waals surface area contributed by atoms with Crippen LogP contribution in [-0.2, 0) is 11.3 Å². The highest BCUT2D eigenvalue weighted by Crippen LogP contribution is 2.22. The third-order valence-corrected chi connectivity index (χ3v) is 4.74. The number of hydrogen-bond donors (Lipinski definition) is 1. The van der Waals surface area contributed by atoms with Crippen LogP contribution in [-0.4, -0.2) is 42.4 Å². The van der Waals surface area contributed by atoms with Crippen molar-refractivity contribution in [3.05, 3.63) is 46.7 Å². The standard InChI is InChI=1S/C18H23NO2S/c20-18(11-19-8-1-2-9-19)13-21-12-15-3-5-16(6-4-15)17-7-10-22-14-17/h3-7,10,14,18,20H,1-2,8-9,11-13H2. The minimum Gasteiger partial charge on any atom is -0.389 e. The van der Waals surface area contributed by atoms with Crippen LogP contribution in [0.5, 0.6) is 0 Å². The quantitative estimate of drug-likeness (QED) is 0.849. The van der Waals surface area contributed by atoms with Crippen LogP contribution in [0, 0.1) is 0 Å². The van der Waals surface area contributed by atoms with Gasteiger partial charge >= 0.3 is 0 Å². The molecule has 1 unspecified atom stereocenters. The van der Waals surface area contributed by atoms with Gasteiger partial charge in [-0.15, -0.1) is 0 Å². The molecule has 1 aromatic heterocycles. The molecule has 1 fully saturated rings. The molecule has 3 nitrogen and oxygen atoms in total. The van der Waals surface area contributed by atoms with Crippen LogP contribution >= 0.6 is 11.3 Å². The van der Waals surface area contributed by atoms with Crippen molar-refractivity contribution in [2.45, 2.75) is 25.6 Å². The predicted molar refractivity (Wildman–Crippen MR) is 91.1 cm³/mol. The lowest BCUT2D eigenvalue weighted by Crippen LogP contribution is -2.32. The lowest BCUT2D eigenvalue weighted by molar-refractivity contribution is 0.0134. The van der Waals surface area contributed by atoms with Gasteiger partial charge in [-0.2, -0.15) is 11.3 Å². The molecule has 4 heteroatoms. The fourth-order valence-electron chi connectivity index (χ4n) is 2.85. The first-order valence-corrected chi connectivity index (χ1v) is 8.85. The third kappa shape index (κ3) is 4.40. The van der Waals surface area contributed by atoms with E-state index in [0.29, 0.717) is 13.2 Å². The Morgan fingerprint density at radius 2 is 1.86 bits per heavy atom. The van der Waals surface area contributed by atoms with E-state index in [0.717, 1.165) is 25.2 Å². The van der Waals surface area contributed by atoms with Gasteiger partial charge in [0.25, 0.3) is 0 Å². The summed E-state index contributed by atoms with van der Waals surface area (Å²) in [6, 6.07) is 10.6. The van der Waals surface area contributed by atoms with Gasteiger partial charge in [0.2, 0.25) is 0 Å². The summed E-state index contributed by atoms with van der Waals surface area (Å²) in [5.41, 5.74) is 3.64. The largest absolute Gasteiger partial charge is 0.389 e. The van der Waals surface area contributed by atoms with Gasteiger partial charge in [-0.25, -0.2) is 0 Å². The molecule has 0 spiro atoms. The van der Waals surface area contributed by atoms with Gasteiger partial charge in [-0.1, -0.05) is 24.3 Å². The van der Waals surface area contributed by atoms with Gasteiger partial charge in [0.15, 0.2) is 0 Å². The first-order valence-electron chi connectivity index (χ1n) is 7.91. The fourth-order valence-corrected chi connectivity index (χ4v) is 3.52. The van der Waals surface area contributed by atoms with Gasteiger partial charge in [0.1, 0.15) is 0 Å². The van der Waals surface area contributed by atoms with E-state index >= 15 is 0 Å². The summed E-state index contributed by atoms with van der Waals surface area (Å²) in [4.78, 5) is 2.31. The summed E-state index contributed by atoms with van der Waals surface area (Å²) < 4.78 is 5.65. The molecule has 2 aromatic rings. The lowest BCUT2D eigenvalue weighted by atomic mass is 10.1. The van der Waals surface area contributed by atoms with Crippen LogP contribution in [0.2, 0.25) is 0 Å². The number of thiophene rings is 1. The summed E-state index contributed by atoms with van der Waals surface area (Å²) in [6.07, 6.45) is 2.12. The SMILES string of the molecule is OC(COCc1ccc(-c2ccsc2)cc1)CN1CCCC1. The Morgan fingerprint density at radius 1 is 1.09 bits per heavy atom. The van der Waals surface area contributed by atoms with Crippen molar-refractivity contribution in [1.82, 2.24) is 4.90 Å². The van der Waals surface area contributed by atoms with E-state index in [2.05, 4.69) is 46.0 Å². The van der Waals surface area contributed by atoms with Crippen molar-refractivity contribution >= 4 is 11.3 Å². The molecule has 3 rings (SSSR count). The molecule has 1 aliphatic heterocycles. The number of ether oxygens (including phenoxy) is 1. The molecule has 1 N–H and O–H groups in total. The van der Waals surface area contributed by atoms with E-state index in [4.69, 9.17) is 4.74 Å². The summed E-state index contributed by atoms with van der Waals surface area (Å²) in [7, 11) is 0. The van der Waals surface area contributed by atoms with Gasteiger partial charge in [0.05, 0.1) is 19.3 Å². The minimum atomic E-state index is -0.386. The molecule has 118 valence electrons. The maximum Gasteiger partial charge on any atom is 0.0900 e. The summed E-state index contributed by atoms with van der Waals surface area (Å²) in [5.74, 6) is 0. The first kappa shape index (κ1) is 15.7. The van der Waals surface area contributed by atoms with E-state index < -0.39 is 0 Å². The molecular formula is C18H23NO2S. The zero-order chi connectivity index (χ0) is 15.2. The molecule has 1 atom stereocenters. The van der Waals surface area contributed by atoms with Gasteiger partial charge in [-0.05, 0) is 59.4 Å². The van der Waals surface area contributed by atoms with E-state index in [1.54, 1.807) is 11.3 Å². The molecular weight excluding hydrogens is 294 g/mol. The second-order valence-corrected chi connectivity index (χ2v) is 6.67. The number of benzene rings is 1. The summed E-state index contributed by atoms with van der Waals surface area (Å²) in [5, 5.41) is 14.2. The average molecular weight is 317 g/mol. The number of nitrogens with zero attached hydrogens (tertiary/aromatic N) is 1. The Kier molecular flexibility index (Phi) is 5.62. The number of hydrogen-bond acceptors (Lipinski definition) is 4. The summed E-state index contributed by atoms with van der Waals surface area (Å²) >= 11 is 1.71. The highest BCUT2D eigenvalue weighted by Gasteiger charge is 2.15. The topological polar surface area (TPSA) is 32.7 Å². The first-order chi connectivity index (χ1) is 10.8.